The first-order chi connectivity index (χ1) is 12.2. The van der Waals surface area contributed by atoms with Gasteiger partial charge in [-0.1, -0.05) is 35.3 Å². The third-order valence-corrected chi connectivity index (χ3v) is 4.85. The molecule has 0 amide bonds. The third-order valence-electron chi connectivity index (χ3n) is 3.99. The molecule has 1 aliphatic carbocycles. The second-order valence-corrected chi connectivity index (χ2v) is 6.55. The fourth-order valence-corrected chi connectivity index (χ4v) is 2.93. The number of carbonyl (C=O) groups is 1. The summed E-state index contributed by atoms with van der Waals surface area (Å²) in [7, 11) is 0. The first-order valence-electron chi connectivity index (χ1n) is 7.56. The molecule has 0 aliphatic heterocycles. The molecule has 4 nitrogen and oxygen atoms in total. The van der Waals surface area contributed by atoms with Crippen LogP contribution >= 0.6 is 23.2 Å². The SMILES string of the molecule is N#Cc1c(Cl)c(Cl)n(COC(=O)C2CC2)c1-c1ccc(C(F)(F)F)cc1. The summed E-state index contributed by atoms with van der Waals surface area (Å²) in [6.45, 7) is -0.286. The molecule has 9 heteroatoms. The van der Waals surface area contributed by atoms with Gasteiger partial charge in [-0.15, -0.1) is 0 Å². The Bertz CT molecular complexity index is 895. The van der Waals surface area contributed by atoms with E-state index < -0.39 is 11.7 Å². The predicted octanol–water partition coefficient (Wildman–Crippen LogP) is 5.26. The number of aromatic nitrogens is 1. The number of esters is 1. The number of alkyl halides is 3. The Hall–Kier alpha value is -2.17. The third kappa shape index (κ3) is 3.53. The van der Waals surface area contributed by atoms with E-state index in [9.17, 15) is 23.2 Å². The van der Waals surface area contributed by atoms with Crippen molar-refractivity contribution in [3.8, 4) is 17.3 Å². The molecule has 0 unspecified atom stereocenters. The lowest BCUT2D eigenvalue weighted by Crippen LogP contribution is -2.12. The molecule has 1 heterocycles. The van der Waals surface area contributed by atoms with Crippen molar-refractivity contribution < 1.29 is 22.7 Å². The van der Waals surface area contributed by atoms with Crippen molar-refractivity contribution in [2.75, 3.05) is 0 Å². The number of hydrogen-bond donors (Lipinski definition) is 0. The number of nitrogens with zero attached hydrogens (tertiary/aromatic N) is 2. The molecule has 3 rings (SSSR count). The van der Waals surface area contributed by atoms with Crippen LogP contribution in [0.25, 0.3) is 11.3 Å². The largest absolute Gasteiger partial charge is 0.444 e. The average Bonchev–Trinajstić information content (AvgIpc) is 3.41. The normalized spacial score (nSPS) is 14.2. The molecule has 1 aliphatic rings. The fraction of sp³-hybridized carbons (Fsp3) is 0.294. The van der Waals surface area contributed by atoms with Crippen LogP contribution in [0.15, 0.2) is 24.3 Å². The Kier molecular flexibility index (Phi) is 4.91. The summed E-state index contributed by atoms with van der Waals surface area (Å²) in [5.41, 5.74) is -0.334. The van der Waals surface area contributed by atoms with E-state index in [1.54, 1.807) is 0 Å². The molecule has 0 N–H and O–H groups in total. The number of hydrogen-bond acceptors (Lipinski definition) is 3. The van der Waals surface area contributed by atoms with E-state index in [0.717, 1.165) is 25.0 Å². The first-order valence-corrected chi connectivity index (χ1v) is 8.31. The van der Waals surface area contributed by atoms with Crippen LogP contribution in [0.3, 0.4) is 0 Å². The van der Waals surface area contributed by atoms with Gasteiger partial charge in [0.25, 0.3) is 0 Å². The van der Waals surface area contributed by atoms with Gasteiger partial charge in [-0.3, -0.25) is 9.36 Å². The zero-order valence-electron chi connectivity index (χ0n) is 13.1. The lowest BCUT2D eigenvalue weighted by molar-refractivity contribution is -0.149. The van der Waals surface area contributed by atoms with Gasteiger partial charge < -0.3 is 4.74 Å². The van der Waals surface area contributed by atoms with Crippen molar-refractivity contribution in [3.05, 3.63) is 45.6 Å². The summed E-state index contributed by atoms with van der Waals surface area (Å²) in [6.07, 6.45) is -2.96. The highest BCUT2D eigenvalue weighted by atomic mass is 35.5. The molecular weight excluding hydrogens is 392 g/mol. The summed E-state index contributed by atoms with van der Waals surface area (Å²) < 4.78 is 44.7. The van der Waals surface area contributed by atoms with E-state index in [0.29, 0.717) is 5.56 Å². The number of carbonyl (C=O) groups excluding carboxylic acids is 1. The van der Waals surface area contributed by atoms with Gasteiger partial charge in [-0.05, 0) is 30.5 Å². The Morgan fingerprint density at radius 1 is 1.27 bits per heavy atom. The van der Waals surface area contributed by atoms with Gasteiger partial charge in [-0.2, -0.15) is 18.4 Å². The van der Waals surface area contributed by atoms with E-state index in [1.807, 2.05) is 6.07 Å². The van der Waals surface area contributed by atoms with Crippen LogP contribution in [0.4, 0.5) is 13.2 Å². The summed E-state index contributed by atoms with van der Waals surface area (Å²) in [5, 5.41) is 9.29. The van der Waals surface area contributed by atoms with Gasteiger partial charge in [0.1, 0.15) is 11.2 Å². The molecule has 2 aromatic rings. The molecule has 1 saturated carbocycles. The maximum absolute atomic E-state index is 12.7. The molecule has 1 aromatic carbocycles. The topological polar surface area (TPSA) is 55.0 Å². The van der Waals surface area contributed by atoms with Crippen LogP contribution in [-0.4, -0.2) is 10.5 Å². The Morgan fingerprint density at radius 3 is 2.38 bits per heavy atom. The predicted molar refractivity (Wildman–Crippen MR) is 88.4 cm³/mol. The minimum absolute atomic E-state index is 0.00102. The summed E-state index contributed by atoms with van der Waals surface area (Å²) in [6, 6.07) is 6.11. The number of nitriles is 1. The Labute approximate surface area is 156 Å². The minimum Gasteiger partial charge on any atom is -0.444 e. The van der Waals surface area contributed by atoms with E-state index >= 15 is 0 Å². The molecule has 0 atom stereocenters. The first kappa shape index (κ1) is 18.6. The lowest BCUT2D eigenvalue weighted by Gasteiger charge is -2.13. The van der Waals surface area contributed by atoms with Crippen molar-refractivity contribution in [3.63, 3.8) is 0 Å². The van der Waals surface area contributed by atoms with Gasteiger partial charge in [0.05, 0.1) is 27.8 Å². The maximum atomic E-state index is 12.7. The van der Waals surface area contributed by atoms with Crippen molar-refractivity contribution >= 4 is 29.2 Å². The second kappa shape index (κ2) is 6.86. The van der Waals surface area contributed by atoms with E-state index in [2.05, 4.69) is 0 Å². The lowest BCUT2D eigenvalue weighted by atomic mass is 10.1. The highest BCUT2D eigenvalue weighted by Gasteiger charge is 2.32. The van der Waals surface area contributed by atoms with Crippen molar-refractivity contribution in [2.24, 2.45) is 5.92 Å². The van der Waals surface area contributed by atoms with Crippen LogP contribution in [0.1, 0.15) is 24.0 Å². The van der Waals surface area contributed by atoms with E-state index in [1.165, 1.54) is 16.7 Å². The maximum Gasteiger partial charge on any atom is 0.416 e. The second-order valence-electron chi connectivity index (χ2n) is 5.81. The zero-order chi connectivity index (χ0) is 19.1. The molecule has 26 heavy (non-hydrogen) atoms. The molecule has 0 bridgehead atoms. The Morgan fingerprint density at radius 2 is 1.88 bits per heavy atom. The van der Waals surface area contributed by atoms with Gasteiger partial charge in [0.15, 0.2) is 6.73 Å². The summed E-state index contributed by atoms with van der Waals surface area (Å²) in [5.74, 6) is -0.521. The standard InChI is InChI=1S/C17H11Cl2F3N2O2/c18-13-12(7-23)14(9-3-5-11(6-4-9)17(20,21)22)24(15(13)19)8-26-16(25)10-1-2-10/h3-6,10H,1-2,8H2. The number of rotatable bonds is 4. The number of benzene rings is 1. The number of ether oxygens (including phenoxy) is 1. The molecule has 0 saturated heterocycles. The average molecular weight is 403 g/mol. The number of halogens is 5. The highest BCUT2D eigenvalue weighted by molar-refractivity contribution is 6.42. The monoisotopic (exact) mass is 402 g/mol. The zero-order valence-corrected chi connectivity index (χ0v) is 14.6. The van der Waals surface area contributed by atoms with Crippen LogP contribution < -0.4 is 0 Å². The van der Waals surface area contributed by atoms with E-state index in [-0.39, 0.29) is 40.1 Å². The molecular formula is C17H11Cl2F3N2O2. The quantitative estimate of drug-likeness (QED) is 0.655. The summed E-state index contributed by atoms with van der Waals surface area (Å²) >= 11 is 12.2. The molecule has 1 fully saturated rings. The van der Waals surface area contributed by atoms with E-state index in [4.69, 9.17) is 27.9 Å². The Balaban J connectivity index is 2.00. The smallest absolute Gasteiger partial charge is 0.416 e. The highest BCUT2D eigenvalue weighted by Crippen LogP contribution is 2.39. The van der Waals surface area contributed by atoms with Crippen molar-refractivity contribution in [2.45, 2.75) is 25.7 Å². The van der Waals surface area contributed by atoms with Gasteiger partial charge in [-0.25, -0.2) is 0 Å². The van der Waals surface area contributed by atoms with Crippen LogP contribution in [-0.2, 0) is 22.4 Å². The van der Waals surface area contributed by atoms with Gasteiger partial charge in [0.2, 0.25) is 0 Å². The molecule has 1 aromatic heterocycles. The van der Waals surface area contributed by atoms with Crippen molar-refractivity contribution in [1.82, 2.24) is 4.57 Å². The van der Waals surface area contributed by atoms with Gasteiger partial charge >= 0.3 is 12.1 Å². The fourth-order valence-electron chi connectivity index (χ4n) is 2.46. The van der Waals surface area contributed by atoms with Crippen LogP contribution in [0.5, 0.6) is 0 Å². The minimum atomic E-state index is -4.48. The van der Waals surface area contributed by atoms with Gasteiger partial charge in [0, 0.05) is 0 Å². The summed E-state index contributed by atoms with van der Waals surface area (Å²) in [4.78, 5) is 11.8. The van der Waals surface area contributed by atoms with Crippen LogP contribution in [0.2, 0.25) is 10.2 Å². The molecule has 0 spiro atoms. The van der Waals surface area contributed by atoms with Crippen LogP contribution in [0, 0.1) is 17.2 Å². The van der Waals surface area contributed by atoms with Crippen molar-refractivity contribution in [1.29, 1.82) is 5.26 Å². The molecule has 0 radical (unpaired) electrons. The molecule has 136 valence electrons.